The summed E-state index contributed by atoms with van der Waals surface area (Å²) < 4.78 is 0. The molecule has 1 atom stereocenters. The summed E-state index contributed by atoms with van der Waals surface area (Å²) in [5.41, 5.74) is 2.12. The number of nitrogens with zero attached hydrogens (tertiary/aromatic N) is 1. The van der Waals surface area contributed by atoms with Crippen LogP contribution in [0.5, 0.6) is 0 Å². The van der Waals surface area contributed by atoms with E-state index >= 15 is 0 Å². The number of rotatable bonds is 4. The molecular formula is C19H21N3O2S2. The van der Waals surface area contributed by atoms with Crippen molar-refractivity contribution in [2.45, 2.75) is 50.6 Å². The van der Waals surface area contributed by atoms with Gasteiger partial charge >= 0.3 is 0 Å². The maximum absolute atomic E-state index is 12.9. The fourth-order valence-corrected chi connectivity index (χ4v) is 5.32. The van der Waals surface area contributed by atoms with Crippen molar-refractivity contribution in [1.82, 2.24) is 9.97 Å². The van der Waals surface area contributed by atoms with Crippen LogP contribution >= 0.6 is 23.1 Å². The van der Waals surface area contributed by atoms with Crippen LogP contribution in [0.3, 0.4) is 0 Å². The average molecular weight is 388 g/mol. The lowest BCUT2D eigenvalue weighted by Gasteiger charge is -2.32. The van der Waals surface area contributed by atoms with E-state index in [0.29, 0.717) is 23.0 Å². The van der Waals surface area contributed by atoms with Gasteiger partial charge in [-0.05, 0) is 38.3 Å². The molecule has 0 bridgehead atoms. The van der Waals surface area contributed by atoms with Gasteiger partial charge < -0.3 is 10.3 Å². The molecular weight excluding hydrogens is 366 g/mol. The fraction of sp³-hybridized carbons (Fsp3) is 0.421. The summed E-state index contributed by atoms with van der Waals surface area (Å²) in [7, 11) is 0. The van der Waals surface area contributed by atoms with Crippen molar-refractivity contribution in [1.29, 1.82) is 0 Å². The monoisotopic (exact) mass is 387 g/mol. The minimum atomic E-state index is -0.311. The lowest BCUT2D eigenvalue weighted by Crippen LogP contribution is -2.32. The number of thioether (sulfide) groups is 1. The number of aromatic nitrogens is 2. The fourth-order valence-electron chi connectivity index (χ4n) is 3.60. The van der Waals surface area contributed by atoms with Crippen molar-refractivity contribution in [2.75, 3.05) is 11.1 Å². The molecule has 136 valence electrons. The number of hydrogen-bond donors (Lipinski definition) is 2. The number of carbonyl (C=O) groups is 1. The van der Waals surface area contributed by atoms with Crippen molar-refractivity contribution < 1.29 is 4.79 Å². The van der Waals surface area contributed by atoms with Gasteiger partial charge in [0.15, 0.2) is 10.9 Å². The van der Waals surface area contributed by atoms with Gasteiger partial charge in [0.1, 0.15) is 5.82 Å². The predicted octanol–water partition coefficient (Wildman–Crippen LogP) is 4.21. The van der Waals surface area contributed by atoms with Crippen molar-refractivity contribution >= 4 is 34.7 Å². The highest BCUT2D eigenvalue weighted by molar-refractivity contribution is 7.99. The number of Topliss-reactive ketones (excluding diaryl/α,β-unsaturated/α-hetero) is 1. The van der Waals surface area contributed by atoms with E-state index in [2.05, 4.69) is 22.2 Å². The van der Waals surface area contributed by atoms with E-state index in [4.69, 9.17) is 0 Å². The van der Waals surface area contributed by atoms with Crippen LogP contribution in [0.4, 0.5) is 5.82 Å². The molecule has 4 rings (SSSR count). The van der Waals surface area contributed by atoms with Gasteiger partial charge in [-0.25, -0.2) is 4.98 Å². The third-order valence-corrected chi connectivity index (χ3v) is 6.87. The zero-order chi connectivity index (χ0) is 18.3. The number of hydrogen-bond acceptors (Lipinski definition) is 6. The Morgan fingerprint density at radius 3 is 2.88 bits per heavy atom. The molecule has 0 saturated heterocycles. The molecule has 0 radical (unpaired) electrons. The molecule has 0 aromatic carbocycles. The lowest BCUT2D eigenvalue weighted by atomic mass is 9.79. The number of carbonyl (C=O) groups excluding carboxylic acids is 1. The van der Waals surface area contributed by atoms with Crippen molar-refractivity contribution in [3.8, 4) is 0 Å². The number of anilines is 1. The number of aromatic amines is 1. The molecule has 2 aromatic rings. The summed E-state index contributed by atoms with van der Waals surface area (Å²) in [5.74, 6) is 1.34. The van der Waals surface area contributed by atoms with E-state index in [9.17, 15) is 9.59 Å². The number of aryl methyl sites for hydroxylation is 1. The Bertz CT molecular complexity index is 958. The van der Waals surface area contributed by atoms with Crippen molar-refractivity contribution in [2.24, 2.45) is 0 Å². The normalized spacial score (nSPS) is 19.2. The van der Waals surface area contributed by atoms with Crippen LogP contribution in [0, 0.1) is 6.92 Å². The molecule has 26 heavy (non-hydrogen) atoms. The van der Waals surface area contributed by atoms with Crippen molar-refractivity contribution in [3.63, 3.8) is 0 Å². The molecule has 1 unspecified atom stereocenters. The minimum Gasteiger partial charge on any atom is -0.343 e. The summed E-state index contributed by atoms with van der Waals surface area (Å²) in [6.45, 7) is 4.14. The van der Waals surface area contributed by atoms with Crippen molar-refractivity contribution in [3.05, 3.63) is 49.1 Å². The van der Waals surface area contributed by atoms with E-state index < -0.39 is 0 Å². The summed E-state index contributed by atoms with van der Waals surface area (Å²) in [4.78, 5) is 35.4. The third kappa shape index (κ3) is 3.03. The molecule has 3 heterocycles. The summed E-state index contributed by atoms with van der Waals surface area (Å²) >= 11 is 3.19. The summed E-state index contributed by atoms with van der Waals surface area (Å²) in [5, 5.41) is 3.95. The van der Waals surface area contributed by atoms with Gasteiger partial charge in [-0.3, -0.25) is 9.59 Å². The number of H-pyrrole nitrogens is 1. The topological polar surface area (TPSA) is 74.8 Å². The highest BCUT2D eigenvalue weighted by Gasteiger charge is 2.38. The van der Waals surface area contributed by atoms with Crippen LogP contribution in [0.2, 0.25) is 0 Å². The van der Waals surface area contributed by atoms with Gasteiger partial charge in [-0.2, -0.15) is 0 Å². The van der Waals surface area contributed by atoms with Crippen LogP contribution in [0.1, 0.15) is 53.8 Å². The third-order valence-electron chi connectivity index (χ3n) is 4.72. The molecule has 0 fully saturated rings. The van der Waals surface area contributed by atoms with Gasteiger partial charge in [0.25, 0.3) is 5.56 Å². The second-order valence-corrected chi connectivity index (χ2v) is 9.06. The SMILES string of the molecule is CCCSc1nc2c(c(=O)[nH]1)C(c1ccc(C)s1)C1=C(CCCC1=O)N2. The standard InChI is InChI=1S/C19H21N3O2S2/c1-3-9-25-19-21-17-16(18(24)22-19)15(13-8-7-10(2)26-13)14-11(20-17)5-4-6-12(14)23/h7-8,15H,3-6,9H2,1-2H3,(H2,20,21,22,24). The van der Waals surface area contributed by atoms with Gasteiger partial charge in [0.2, 0.25) is 0 Å². The number of nitrogens with one attached hydrogen (secondary N) is 2. The van der Waals surface area contributed by atoms with Crippen LogP contribution in [0.15, 0.2) is 33.4 Å². The first-order valence-electron chi connectivity index (χ1n) is 8.95. The predicted molar refractivity (Wildman–Crippen MR) is 106 cm³/mol. The van der Waals surface area contributed by atoms with E-state index in [1.807, 2.05) is 19.1 Å². The highest BCUT2D eigenvalue weighted by Crippen LogP contribution is 2.45. The minimum absolute atomic E-state index is 0.143. The second-order valence-electron chi connectivity index (χ2n) is 6.66. The van der Waals surface area contributed by atoms with Crippen LogP contribution < -0.4 is 10.9 Å². The smallest absolute Gasteiger partial charge is 0.257 e. The van der Waals surface area contributed by atoms with Gasteiger partial charge in [-0.1, -0.05) is 18.7 Å². The second kappa shape index (κ2) is 7.04. The first kappa shape index (κ1) is 17.5. The summed E-state index contributed by atoms with van der Waals surface area (Å²) in [6, 6.07) is 4.08. The maximum Gasteiger partial charge on any atom is 0.257 e. The first-order valence-corrected chi connectivity index (χ1v) is 10.7. The molecule has 0 saturated carbocycles. The van der Waals surface area contributed by atoms with Gasteiger partial charge in [-0.15, -0.1) is 11.3 Å². The quantitative estimate of drug-likeness (QED) is 0.607. The molecule has 1 aliphatic carbocycles. The Morgan fingerprint density at radius 1 is 1.31 bits per heavy atom. The molecule has 2 aromatic heterocycles. The van der Waals surface area contributed by atoms with Crippen LogP contribution in [-0.4, -0.2) is 21.5 Å². The Kier molecular flexibility index (Phi) is 4.75. The molecule has 0 spiro atoms. The van der Waals surface area contributed by atoms with Crippen LogP contribution in [0.25, 0.3) is 0 Å². The Morgan fingerprint density at radius 2 is 2.15 bits per heavy atom. The molecule has 2 aliphatic rings. The number of ketones is 1. The molecule has 0 amide bonds. The lowest BCUT2D eigenvalue weighted by molar-refractivity contribution is -0.116. The molecule has 2 N–H and O–H groups in total. The summed E-state index contributed by atoms with van der Waals surface area (Å²) in [6.07, 6.45) is 3.23. The maximum atomic E-state index is 12.9. The largest absolute Gasteiger partial charge is 0.343 e. The molecule has 7 heteroatoms. The molecule has 1 aliphatic heterocycles. The number of fused-ring (bicyclic) bond motifs is 1. The number of allylic oxidation sites excluding steroid dienone is 2. The zero-order valence-corrected chi connectivity index (χ0v) is 16.5. The first-order chi connectivity index (χ1) is 12.6. The molecule has 5 nitrogen and oxygen atoms in total. The Labute approximate surface area is 160 Å². The average Bonchev–Trinajstić information content (AvgIpc) is 3.04. The van der Waals surface area contributed by atoms with Gasteiger partial charge in [0.05, 0.1) is 11.5 Å². The van der Waals surface area contributed by atoms with E-state index in [1.165, 1.54) is 4.88 Å². The van der Waals surface area contributed by atoms with Crippen LogP contribution in [-0.2, 0) is 4.79 Å². The number of thiophene rings is 1. The zero-order valence-electron chi connectivity index (χ0n) is 14.8. The highest BCUT2D eigenvalue weighted by atomic mass is 32.2. The van der Waals surface area contributed by atoms with E-state index in [1.54, 1.807) is 23.1 Å². The van der Waals surface area contributed by atoms with E-state index in [-0.39, 0.29) is 17.3 Å². The van der Waals surface area contributed by atoms with Gasteiger partial charge in [0, 0.05) is 33.2 Å². The van der Waals surface area contributed by atoms with E-state index in [0.717, 1.165) is 41.2 Å². The Hall–Kier alpha value is -1.86. The Balaban J connectivity index is 1.89.